The van der Waals surface area contributed by atoms with Gasteiger partial charge in [-0.2, -0.15) is 0 Å². The third kappa shape index (κ3) is 1.90. The van der Waals surface area contributed by atoms with Crippen LogP contribution in [0.2, 0.25) is 0 Å². The van der Waals surface area contributed by atoms with Crippen molar-refractivity contribution < 1.29 is 9.53 Å². The fourth-order valence-electron chi connectivity index (χ4n) is 0.999. The lowest BCUT2D eigenvalue weighted by atomic mass is 10.2. The Bertz CT molecular complexity index is 119. The first kappa shape index (κ1) is 7.92. The molecule has 0 aromatic carbocycles. The Morgan fingerprint density at radius 1 is 1.80 bits per heavy atom. The monoisotopic (exact) mass is 160 g/mol. The number of carbonyl (C=O) groups excluding carboxylic acids is 1. The molecule has 0 saturated carbocycles. The fourth-order valence-corrected chi connectivity index (χ4v) is 2.15. The molecule has 2 nitrogen and oxygen atoms in total. The maximum Gasteiger partial charge on any atom is 0.319 e. The van der Waals surface area contributed by atoms with Crippen molar-refractivity contribution in [2.75, 3.05) is 12.4 Å². The van der Waals surface area contributed by atoms with E-state index in [1.54, 1.807) is 11.8 Å². The number of ether oxygens (including phenoxy) is 1. The van der Waals surface area contributed by atoms with Crippen LogP contribution in [-0.4, -0.2) is 23.6 Å². The summed E-state index contributed by atoms with van der Waals surface area (Å²) in [6.07, 6.45) is 2.16. The van der Waals surface area contributed by atoms with Crippen molar-refractivity contribution in [2.45, 2.75) is 25.0 Å². The number of hydrogen-bond donors (Lipinski definition) is 0. The molecule has 1 rings (SSSR count). The van der Waals surface area contributed by atoms with Gasteiger partial charge in [0.05, 0.1) is 6.61 Å². The summed E-state index contributed by atoms with van der Waals surface area (Å²) >= 11 is 1.72. The van der Waals surface area contributed by atoms with Gasteiger partial charge in [-0.3, -0.25) is 4.79 Å². The van der Waals surface area contributed by atoms with Crippen LogP contribution in [0.3, 0.4) is 0 Å². The molecule has 0 radical (unpaired) electrons. The molecular weight excluding hydrogens is 148 g/mol. The van der Waals surface area contributed by atoms with Crippen molar-refractivity contribution in [1.82, 2.24) is 0 Å². The van der Waals surface area contributed by atoms with Gasteiger partial charge in [-0.1, -0.05) is 0 Å². The number of esters is 1. The lowest BCUT2D eigenvalue weighted by molar-refractivity contribution is -0.142. The van der Waals surface area contributed by atoms with Crippen LogP contribution in [0.25, 0.3) is 0 Å². The molecule has 1 atom stereocenters. The summed E-state index contributed by atoms with van der Waals surface area (Å²) in [6, 6.07) is 0. The average Bonchev–Trinajstić information content (AvgIpc) is 2.38. The molecule has 3 heteroatoms. The summed E-state index contributed by atoms with van der Waals surface area (Å²) in [5.74, 6) is 1.09. The Morgan fingerprint density at radius 3 is 3.10 bits per heavy atom. The standard InChI is InChI=1S/C7H12O2S/c1-2-9-7(8)6-4-3-5-10-6/h6H,2-5H2,1H3/t6-/m1/s1. The largest absolute Gasteiger partial charge is 0.465 e. The highest BCUT2D eigenvalue weighted by molar-refractivity contribution is 8.00. The van der Waals surface area contributed by atoms with E-state index < -0.39 is 0 Å². The minimum Gasteiger partial charge on any atom is -0.465 e. The minimum atomic E-state index is -0.0231. The van der Waals surface area contributed by atoms with Gasteiger partial charge in [0, 0.05) is 0 Å². The number of thioether (sulfide) groups is 1. The SMILES string of the molecule is CCOC(=O)[C@H]1CCCS1. The zero-order valence-corrected chi connectivity index (χ0v) is 6.95. The second-order valence-corrected chi connectivity index (χ2v) is 3.56. The second-order valence-electron chi connectivity index (χ2n) is 2.25. The van der Waals surface area contributed by atoms with E-state index in [2.05, 4.69) is 0 Å². The molecular formula is C7H12O2S. The predicted molar refractivity (Wildman–Crippen MR) is 42.1 cm³/mol. The summed E-state index contributed by atoms with van der Waals surface area (Å²) in [5.41, 5.74) is 0. The maximum atomic E-state index is 11.0. The molecule has 1 heterocycles. The molecule has 1 saturated heterocycles. The van der Waals surface area contributed by atoms with Gasteiger partial charge >= 0.3 is 5.97 Å². The van der Waals surface area contributed by atoms with Crippen molar-refractivity contribution in [3.8, 4) is 0 Å². The Kier molecular flexibility index (Phi) is 3.06. The summed E-state index contributed by atoms with van der Waals surface area (Å²) < 4.78 is 4.87. The van der Waals surface area contributed by atoms with Crippen LogP contribution in [0.1, 0.15) is 19.8 Å². The van der Waals surface area contributed by atoms with E-state index in [0.29, 0.717) is 6.61 Å². The molecule has 0 bridgehead atoms. The average molecular weight is 160 g/mol. The topological polar surface area (TPSA) is 26.3 Å². The third-order valence-electron chi connectivity index (χ3n) is 1.48. The number of hydrogen-bond acceptors (Lipinski definition) is 3. The van der Waals surface area contributed by atoms with Gasteiger partial charge in [0.1, 0.15) is 5.25 Å². The second kappa shape index (κ2) is 3.86. The van der Waals surface area contributed by atoms with E-state index in [9.17, 15) is 4.79 Å². The minimum absolute atomic E-state index is 0.0231. The van der Waals surface area contributed by atoms with Crippen molar-refractivity contribution in [3.05, 3.63) is 0 Å². The fraction of sp³-hybridized carbons (Fsp3) is 0.857. The van der Waals surface area contributed by atoms with E-state index in [1.807, 2.05) is 6.92 Å². The van der Waals surface area contributed by atoms with E-state index in [-0.39, 0.29) is 11.2 Å². The zero-order chi connectivity index (χ0) is 7.40. The van der Waals surface area contributed by atoms with Gasteiger partial charge < -0.3 is 4.74 Å². The highest BCUT2D eigenvalue weighted by Gasteiger charge is 2.23. The molecule has 1 aliphatic rings. The molecule has 0 amide bonds. The Morgan fingerprint density at radius 2 is 2.60 bits per heavy atom. The normalized spacial score (nSPS) is 24.7. The van der Waals surface area contributed by atoms with Crippen molar-refractivity contribution >= 4 is 17.7 Å². The van der Waals surface area contributed by atoms with Crippen LogP contribution < -0.4 is 0 Å². The molecule has 0 N–H and O–H groups in total. The molecule has 0 spiro atoms. The van der Waals surface area contributed by atoms with Gasteiger partial charge in [0.25, 0.3) is 0 Å². The molecule has 10 heavy (non-hydrogen) atoms. The molecule has 1 fully saturated rings. The van der Waals surface area contributed by atoms with Crippen LogP contribution in [0, 0.1) is 0 Å². The van der Waals surface area contributed by atoms with E-state index in [0.717, 1.165) is 18.6 Å². The van der Waals surface area contributed by atoms with Crippen LogP contribution >= 0.6 is 11.8 Å². The van der Waals surface area contributed by atoms with E-state index >= 15 is 0 Å². The van der Waals surface area contributed by atoms with Crippen LogP contribution in [0.5, 0.6) is 0 Å². The summed E-state index contributed by atoms with van der Waals surface area (Å²) in [6.45, 7) is 2.35. The summed E-state index contributed by atoms with van der Waals surface area (Å²) in [4.78, 5) is 11.0. The van der Waals surface area contributed by atoms with Crippen LogP contribution in [0.4, 0.5) is 0 Å². The number of carbonyl (C=O) groups is 1. The van der Waals surface area contributed by atoms with E-state index in [1.165, 1.54) is 0 Å². The Hall–Kier alpha value is -0.180. The van der Waals surface area contributed by atoms with Crippen molar-refractivity contribution in [1.29, 1.82) is 0 Å². The summed E-state index contributed by atoms with van der Waals surface area (Å²) in [5, 5.41) is 0.139. The molecule has 0 unspecified atom stereocenters. The zero-order valence-electron chi connectivity index (χ0n) is 6.13. The van der Waals surface area contributed by atoms with Crippen molar-refractivity contribution in [3.63, 3.8) is 0 Å². The smallest absolute Gasteiger partial charge is 0.319 e. The highest BCUT2D eigenvalue weighted by atomic mass is 32.2. The first-order chi connectivity index (χ1) is 4.84. The lowest BCUT2D eigenvalue weighted by Crippen LogP contribution is -2.16. The molecule has 1 aliphatic heterocycles. The quantitative estimate of drug-likeness (QED) is 0.572. The number of rotatable bonds is 2. The molecule has 0 aromatic rings. The predicted octanol–water partition coefficient (Wildman–Crippen LogP) is 1.45. The van der Waals surface area contributed by atoms with Gasteiger partial charge in [-0.25, -0.2) is 0 Å². The maximum absolute atomic E-state index is 11.0. The van der Waals surface area contributed by atoms with Gasteiger partial charge in [-0.15, -0.1) is 11.8 Å². The molecule has 0 aliphatic carbocycles. The van der Waals surface area contributed by atoms with E-state index in [4.69, 9.17) is 4.74 Å². The third-order valence-corrected chi connectivity index (χ3v) is 2.83. The molecule has 0 aromatic heterocycles. The molecule has 58 valence electrons. The first-order valence-electron chi connectivity index (χ1n) is 3.63. The van der Waals surface area contributed by atoms with Gasteiger partial charge in [0.15, 0.2) is 0 Å². The highest BCUT2D eigenvalue weighted by Crippen LogP contribution is 2.26. The summed E-state index contributed by atoms with van der Waals surface area (Å²) in [7, 11) is 0. The van der Waals surface area contributed by atoms with Crippen LogP contribution in [-0.2, 0) is 9.53 Å². The lowest BCUT2D eigenvalue weighted by Gasteiger charge is -2.05. The van der Waals surface area contributed by atoms with Gasteiger partial charge in [-0.05, 0) is 25.5 Å². The van der Waals surface area contributed by atoms with Crippen LogP contribution in [0.15, 0.2) is 0 Å². The van der Waals surface area contributed by atoms with Gasteiger partial charge in [0.2, 0.25) is 0 Å². The Labute approximate surface area is 65.3 Å². The first-order valence-corrected chi connectivity index (χ1v) is 4.67. The Balaban J connectivity index is 2.25. The van der Waals surface area contributed by atoms with Crippen molar-refractivity contribution in [2.24, 2.45) is 0 Å².